The number of guanidine groups is 1. The molecule has 0 amide bonds. The van der Waals surface area contributed by atoms with Gasteiger partial charge in [0.15, 0.2) is 5.96 Å². The number of hydrogen-bond donors (Lipinski definition) is 3. The summed E-state index contributed by atoms with van der Waals surface area (Å²) < 4.78 is 37.6. The van der Waals surface area contributed by atoms with E-state index in [1.54, 1.807) is 6.20 Å². The number of hydrogen-bond acceptors (Lipinski definition) is 2. The molecule has 0 radical (unpaired) electrons. The average Bonchev–Trinajstić information content (AvgIpc) is 3.05. The standard InChI is InChI=1S/C16H20F3N5/c1-2-20-15(22-11-14-8-10-23-24-14)21-9-7-12-3-5-13(6-4-12)16(17,18)19/h3-6,8,10H,2,7,9,11H2,1H3,(H,23,24)(H2,20,21,22). The Morgan fingerprint density at radius 1 is 1.17 bits per heavy atom. The number of rotatable bonds is 6. The number of aromatic nitrogens is 2. The molecular weight excluding hydrogens is 319 g/mol. The average molecular weight is 339 g/mol. The predicted molar refractivity (Wildman–Crippen MR) is 86.6 cm³/mol. The van der Waals surface area contributed by atoms with E-state index in [-0.39, 0.29) is 0 Å². The highest BCUT2D eigenvalue weighted by molar-refractivity contribution is 5.79. The highest BCUT2D eigenvalue weighted by Gasteiger charge is 2.29. The molecule has 5 nitrogen and oxygen atoms in total. The zero-order chi connectivity index (χ0) is 17.4. The lowest BCUT2D eigenvalue weighted by atomic mass is 10.1. The van der Waals surface area contributed by atoms with Gasteiger partial charge in [-0.15, -0.1) is 0 Å². The maximum Gasteiger partial charge on any atom is 0.416 e. The summed E-state index contributed by atoms with van der Waals surface area (Å²) in [7, 11) is 0. The molecule has 130 valence electrons. The second kappa shape index (κ2) is 8.37. The van der Waals surface area contributed by atoms with Crippen molar-refractivity contribution in [2.45, 2.75) is 26.1 Å². The molecule has 3 N–H and O–H groups in total. The summed E-state index contributed by atoms with van der Waals surface area (Å²) in [5.74, 6) is 0.652. The minimum atomic E-state index is -4.30. The van der Waals surface area contributed by atoms with E-state index in [4.69, 9.17) is 0 Å². The fraction of sp³-hybridized carbons (Fsp3) is 0.375. The van der Waals surface area contributed by atoms with Gasteiger partial charge in [0.25, 0.3) is 0 Å². The molecule has 1 heterocycles. The normalized spacial score (nSPS) is 12.2. The molecule has 0 aliphatic heterocycles. The van der Waals surface area contributed by atoms with E-state index in [0.717, 1.165) is 29.9 Å². The molecule has 0 aliphatic carbocycles. The third kappa shape index (κ3) is 5.60. The summed E-state index contributed by atoms with van der Waals surface area (Å²) in [4.78, 5) is 4.41. The van der Waals surface area contributed by atoms with E-state index in [9.17, 15) is 13.2 Å². The number of halogens is 3. The van der Waals surface area contributed by atoms with Crippen LogP contribution in [-0.2, 0) is 19.1 Å². The first-order valence-electron chi connectivity index (χ1n) is 7.65. The lowest BCUT2D eigenvalue weighted by Gasteiger charge is -2.11. The summed E-state index contributed by atoms with van der Waals surface area (Å²) in [5.41, 5.74) is 1.10. The van der Waals surface area contributed by atoms with Gasteiger partial charge in [0.05, 0.1) is 17.8 Å². The van der Waals surface area contributed by atoms with Gasteiger partial charge in [-0.3, -0.25) is 5.10 Å². The van der Waals surface area contributed by atoms with Crippen molar-refractivity contribution in [3.63, 3.8) is 0 Å². The van der Waals surface area contributed by atoms with Crippen LogP contribution >= 0.6 is 0 Å². The first kappa shape index (κ1) is 17.8. The van der Waals surface area contributed by atoms with Gasteiger partial charge in [-0.05, 0) is 37.1 Å². The Balaban J connectivity index is 1.84. The summed E-state index contributed by atoms with van der Waals surface area (Å²) in [6.45, 7) is 3.72. The molecule has 1 aromatic carbocycles. The van der Waals surface area contributed by atoms with Crippen molar-refractivity contribution < 1.29 is 13.2 Å². The van der Waals surface area contributed by atoms with Crippen LogP contribution in [0.25, 0.3) is 0 Å². The second-order valence-electron chi connectivity index (χ2n) is 5.15. The zero-order valence-corrected chi connectivity index (χ0v) is 13.3. The van der Waals surface area contributed by atoms with Crippen LogP contribution in [-0.4, -0.2) is 29.2 Å². The summed E-state index contributed by atoms with van der Waals surface area (Å²) in [6.07, 6.45) is -2.03. The van der Waals surface area contributed by atoms with Crippen LogP contribution in [0.3, 0.4) is 0 Å². The lowest BCUT2D eigenvalue weighted by Crippen LogP contribution is -2.38. The highest BCUT2D eigenvalue weighted by atomic mass is 19.4. The van der Waals surface area contributed by atoms with Crippen molar-refractivity contribution in [3.05, 3.63) is 53.3 Å². The molecule has 0 atom stereocenters. The number of nitrogens with zero attached hydrogens (tertiary/aromatic N) is 2. The van der Waals surface area contributed by atoms with Gasteiger partial charge >= 0.3 is 6.18 Å². The van der Waals surface area contributed by atoms with Crippen molar-refractivity contribution in [1.82, 2.24) is 20.8 Å². The SMILES string of the molecule is CCNC(=NCc1ccn[nH]1)NCCc1ccc(C(F)(F)F)cc1. The smallest absolute Gasteiger partial charge is 0.357 e. The summed E-state index contributed by atoms with van der Waals surface area (Å²) in [6, 6.07) is 7.05. The number of nitrogens with one attached hydrogen (secondary N) is 3. The Labute approximate surface area is 138 Å². The van der Waals surface area contributed by atoms with Crippen LogP contribution in [0.5, 0.6) is 0 Å². The number of aromatic amines is 1. The van der Waals surface area contributed by atoms with E-state index < -0.39 is 11.7 Å². The maximum atomic E-state index is 12.5. The lowest BCUT2D eigenvalue weighted by molar-refractivity contribution is -0.137. The molecule has 0 fully saturated rings. The number of H-pyrrole nitrogens is 1. The molecular formula is C16H20F3N5. The van der Waals surface area contributed by atoms with Crippen molar-refractivity contribution in [1.29, 1.82) is 0 Å². The summed E-state index contributed by atoms with van der Waals surface area (Å²) in [5, 5.41) is 13.0. The van der Waals surface area contributed by atoms with Crippen molar-refractivity contribution >= 4 is 5.96 Å². The fourth-order valence-corrected chi connectivity index (χ4v) is 2.06. The minimum absolute atomic E-state index is 0.468. The van der Waals surface area contributed by atoms with Gasteiger partial charge < -0.3 is 10.6 Å². The fourth-order valence-electron chi connectivity index (χ4n) is 2.06. The van der Waals surface area contributed by atoms with Gasteiger partial charge in [0, 0.05) is 19.3 Å². The van der Waals surface area contributed by atoms with E-state index in [2.05, 4.69) is 25.8 Å². The van der Waals surface area contributed by atoms with Gasteiger partial charge in [-0.1, -0.05) is 12.1 Å². The Bertz CT molecular complexity index is 633. The Hall–Kier alpha value is -2.51. The van der Waals surface area contributed by atoms with Crippen LogP contribution in [0.1, 0.15) is 23.7 Å². The molecule has 2 rings (SSSR count). The number of alkyl halides is 3. The van der Waals surface area contributed by atoms with Crippen LogP contribution in [0, 0.1) is 0 Å². The Morgan fingerprint density at radius 2 is 1.92 bits per heavy atom. The molecule has 0 saturated carbocycles. The van der Waals surface area contributed by atoms with Crippen LogP contribution in [0.2, 0.25) is 0 Å². The molecule has 1 aromatic heterocycles. The van der Waals surface area contributed by atoms with Crippen LogP contribution in [0.15, 0.2) is 41.5 Å². The summed E-state index contributed by atoms with van der Waals surface area (Å²) >= 11 is 0. The van der Waals surface area contributed by atoms with Crippen molar-refractivity contribution in [3.8, 4) is 0 Å². The van der Waals surface area contributed by atoms with E-state index in [1.807, 2.05) is 13.0 Å². The van der Waals surface area contributed by atoms with Crippen LogP contribution < -0.4 is 10.6 Å². The third-order valence-electron chi connectivity index (χ3n) is 3.30. The monoisotopic (exact) mass is 339 g/mol. The van der Waals surface area contributed by atoms with Gasteiger partial charge in [0.1, 0.15) is 0 Å². The molecule has 0 aliphatic rings. The highest BCUT2D eigenvalue weighted by Crippen LogP contribution is 2.29. The molecule has 0 bridgehead atoms. The second-order valence-corrected chi connectivity index (χ2v) is 5.15. The molecule has 0 spiro atoms. The number of aliphatic imine (C=N–C) groups is 1. The largest absolute Gasteiger partial charge is 0.416 e. The number of benzene rings is 1. The minimum Gasteiger partial charge on any atom is -0.357 e. The Morgan fingerprint density at radius 3 is 2.50 bits per heavy atom. The van der Waals surface area contributed by atoms with Gasteiger partial charge in [0.2, 0.25) is 0 Å². The van der Waals surface area contributed by atoms with Crippen molar-refractivity contribution in [2.24, 2.45) is 4.99 Å². The molecule has 0 saturated heterocycles. The van der Waals surface area contributed by atoms with Gasteiger partial charge in [-0.2, -0.15) is 18.3 Å². The Kier molecular flexibility index (Phi) is 6.22. The molecule has 2 aromatic rings. The van der Waals surface area contributed by atoms with Crippen molar-refractivity contribution in [2.75, 3.05) is 13.1 Å². The molecule has 24 heavy (non-hydrogen) atoms. The zero-order valence-electron chi connectivity index (χ0n) is 13.3. The first-order valence-corrected chi connectivity index (χ1v) is 7.65. The van der Waals surface area contributed by atoms with Gasteiger partial charge in [-0.25, -0.2) is 4.99 Å². The molecule has 0 unspecified atom stereocenters. The van der Waals surface area contributed by atoms with E-state index >= 15 is 0 Å². The molecule has 8 heteroatoms. The first-order chi connectivity index (χ1) is 11.5. The third-order valence-corrected chi connectivity index (χ3v) is 3.30. The maximum absolute atomic E-state index is 12.5. The topological polar surface area (TPSA) is 65.1 Å². The predicted octanol–water partition coefficient (Wildman–Crippen LogP) is 2.73. The van der Waals surface area contributed by atoms with E-state index in [0.29, 0.717) is 25.5 Å². The quantitative estimate of drug-likeness (QED) is 0.560. The van der Waals surface area contributed by atoms with E-state index in [1.165, 1.54) is 12.1 Å². The van der Waals surface area contributed by atoms with Crippen LogP contribution in [0.4, 0.5) is 13.2 Å².